The van der Waals surface area contributed by atoms with E-state index in [4.69, 9.17) is 11.6 Å². The maximum atomic E-state index is 6.05. The number of thioether (sulfide) groups is 1. The molecular formula is C10H12ClN3S2. The van der Waals surface area contributed by atoms with Gasteiger partial charge in [-0.1, -0.05) is 43.1 Å². The summed E-state index contributed by atoms with van der Waals surface area (Å²) in [5.41, 5.74) is 2.46. The number of unbranched alkanes of at least 4 members (excludes halogenated alkanes) is 2. The molecule has 2 aromatic heterocycles. The molecule has 0 aromatic carbocycles. The summed E-state index contributed by atoms with van der Waals surface area (Å²) < 4.78 is 0.875. The van der Waals surface area contributed by atoms with Gasteiger partial charge in [0.05, 0.1) is 5.51 Å². The van der Waals surface area contributed by atoms with E-state index in [0.29, 0.717) is 10.8 Å². The van der Waals surface area contributed by atoms with Gasteiger partial charge in [-0.3, -0.25) is 0 Å². The van der Waals surface area contributed by atoms with Crippen LogP contribution in [0.3, 0.4) is 0 Å². The largest absolute Gasteiger partial charge is 0.225 e. The molecule has 0 bridgehead atoms. The van der Waals surface area contributed by atoms with Gasteiger partial charge in [-0.25, -0.2) is 15.0 Å². The van der Waals surface area contributed by atoms with Crippen LogP contribution >= 0.6 is 34.7 Å². The molecule has 0 amide bonds. The number of rotatable bonds is 5. The summed E-state index contributed by atoms with van der Waals surface area (Å²) in [5, 5.41) is 1.25. The minimum Gasteiger partial charge on any atom is -0.225 e. The van der Waals surface area contributed by atoms with E-state index < -0.39 is 0 Å². The molecule has 3 nitrogen and oxygen atoms in total. The summed E-state index contributed by atoms with van der Waals surface area (Å²) >= 11 is 9.18. The van der Waals surface area contributed by atoms with Gasteiger partial charge in [-0.05, 0) is 6.42 Å². The average molecular weight is 274 g/mol. The first-order chi connectivity index (χ1) is 7.81. The van der Waals surface area contributed by atoms with Crippen molar-refractivity contribution in [2.24, 2.45) is 0 Å². The lowest BCUT2D eigenvalue weighted by atomic mass is 10.3. The van der Waals surface area contributed by atoms with Gasteiger partial charge in [-0.2, -0.15) is 0 Å². The molecule has 0 aliphatic heterocycles. The van der Waals surface area contributed by atoms with Crippen LogP contribution in [0.4, 0.5) is 0 Å². The first-order valence-electron chi connectivity index (χ1n) is 5.20. The third kappa shape index (κ3) is 2.84. The van der Waals surface area contributed by atoms with Crippen molar-refractivity contribution in [2.75, 3.05) is 5.75 Å². The van der Waals surface area contributed by atoms with E-state index in [1.807, 2.05) is 0 Å². The fourth-order valence-electron chi connectivity index (χ4n) is 1.29. The molecule has 0 aliphatic carbocycles. The highest BCUT2D eigenvalue weighted by Gasteiger charge is 2.08. The van der Waals surface area contributed by atoms with Crippen molar-refractivity contribution in [3.05, 3.63) is 10.7 Å². The number of fused-ring (bicyclic) bond motifs is 1. The van der Waals surface area contributed by atoms with Crippen molar-refractivity contribution in [2.45, 2.75) is 31.3 Å². The van der Waals surface area contributed by atoms with Crippen LogP contribution in [0, 0.1) is 0 Å². The van der Waals surface area contributed by atoms with Crippen LogP contribution in [0.2, 0.25) is 5.15 Å². The summed E-state index contributed by atoms with van der Waals surface area (Å²) in [6, 6.07) is 0. The van der Waals surface area contributed by atoms with E-state index in [-0.39, 0.29) is 0 Å². The Labute approximate surface area is 108 Å². The van der Waals surface area contributed by atoms with E-state index in [1.165, 1.54) is 30.6 Å². The van der Waals surface area contributed by atoms with Gasteiger partial charge < -0.3 is 0 Å². The Balaban J connectivity index is 2.06. The molecule has 0 aliphatic rings. The van der Waals surface area contributed by atoms with Gasteiger partial charge in [-0.15, -0.1) is 11.3 Å². The second-order valence-electron chi connectivity index (χ2n) is 3.36. The molecule has 0 fully saturated rings. The van der Waals surface area contributed by atoms with Crippen LogP contribution < -0.4 is 0 Å². The Bertz CT molecular complexity index is 472. The standard InChI is InChI=1S/C10H12ClN3S2/c1-2-3-4-5-15-10-13-8(11)7-9(14-10)12-6-16-7/h6H,2-5H2,1H3. The highest BCUT2D eigenvalue weighted by atomic mass is 35.5. The van der Waals surface area contributed by atoms with Crippen LogP contribution in [0.15, 0.2) is 10.7 Å². The molecule has 2 aromatic rings. The Kier molecular flexibility index (Phi) is 4.37. The van der Waals surface area contributed by atoms with Crippen LogP contribution in [0.5, 0.6) is 0 Å². The second kappa shape index (κ2) is 5.80. The van der Waals surface area contributed by atoms with E-state index in [9.17, 15) is 0 Å². The highest BCUT2D eigenvalue weighted by Crippen LogP contribution is 2.26. The zero-order valence-electron chi connectivity index (χ0n) is 8.94. The number of hydrogen-bond acceptors (Lipinski definition) is 5. The molecule has 0 saturated heterocycles. The summed E-state index contributed by atoms with van der Waals surface area (Å²) in [6.07, 6.45) is 3.67. The molecule has 0 unspecified atom stereocenters. The van der Waals surface area contributed by atoms with E-state index in [1.54, 1.807) is 17.3 Å². The monoisotopic (exact) mass is 273 g/mol. The summed E-state index contributed by atoms with van der Waals surface area (Å²) in [4.78, 5) is 12.8. The lowest BCUT2D eigenvalue weighted by Gasteiger charge is -2.00. The number of halogens is 1. The minimum absolute atomic E-state index is 0.519. The smallest absolute Gasteiger partial charge is 0.191 e. The summed E-state index contributed by atoms with van der Waals surface area (Å²) in [7, 11) is 0. The van der Waals surface area contributed by atoms with Crippen molar-refractivity contribution in [1.29, 1.82) is 0 Å². The SMILES string of the molecule is CCCCCSc1nc(Cl)c2scnc2n1. The predicted octanol–water partition coefficient (Wildman–Crippen LogP) is 4.02. The molecule has 2 rings (SSSR count). The Morgan fingerprint density at radius 3 is 3.06 bits per heavy atom. The number of thiazole rings is 1. The Hall–Kier alpha value is -0.390. The molecule has 2 heterocycles. The first kappa shape index (κ1) is 12.1. The summed E-state index contributed by atoms with van der Waals surface area (Å²) in [6.45, 7) is 2.19. The quantitative estimate of drug-likeness (QED) is 0.357. The van der Waals surface area contributed by atoms with Gasteiger partial charge in [0.2, 0.25) is 0 Å². The zero-order valence-corrected chi connectivity index (χ0v) is 11.3. The van der Waals surface area contributed by atoms with Crippen LogP contribution in [0.1, 0.15) is 26.2 Å². The molecule has 86 valence electrons. The van der Waals surface area contributed by atoms with Crippen LogP contribution in [-0.2, 0) is 0 Å². The molecule has 0 radical (unpaired) electrons. The fraction of sp³-hybridized carbons (Fsp3) is 0.500. The number of aromatic nitrogens is 3. The van der Waals surface area contributed by atoms with E-state index in [2.05, 4.69) is 21.9 Å². The average Bonchev–Trinajstić information content (AvgIpc) is 2.73. The molecule has 0 saturated carbocycles. The van der Waals surface area contributed by atoms with Gasteiger partial charge in [0.15, 0.2) is 16.0 Å². The van der Waals surface area contributed by atoms with Crippen molar-refractivity contribution in [1.82, 2.24) is 15.0 Å². The Morgan fingerprint density at radius 2 is 2.25 bits per heavy atom. The van der Waals surface area contributed by atoms with Crippen molar-refractivity contribution in [3.63, 3.8) is 0 Å². The summed E-state index contributed by atoms with van der Waals surface area (Å²) in [5.74, 6) is 1.04. The molecule has 0 N–H and O–H groups in total. The number of nitrogens with zero attached hydrogens (tertiary/aromatic N) is 3. The third-order valence-corrected chi connectivity index (χ3v) is 4.25. The van der Waals surface area contributed by atoms with E-state index in [0.717, 1.165) is 15.6 Å². The van der Waals surface area contributed by atoms with Crippen molar-refractivity contribution >= 4 is 45.0 Å². The maximum Gasteiger partial charge on any atom is 0.191 e. The molecular weight excluding hydrogens is 262 g/mol. The highest BCUT2D eigenvalue weighted by molar-refractivity contribution is 7.99. The van der Waals surface area contributed by atoms with Crippen LogP contribution in [0.25, 0.3) is 10.3 Å². The molecule has 0 spiro atoms. The fourth-order valence-corrected chi connectivity index (χ4v) is 3.08. The van der Waals surface area contributed by atoms with E-state index >= 15 is 0 Å². The van der Waals surface area contributed by atoms with Gasteiger partial charge >= 0.3 is 0 Å². The first-order valence-corrected chi connectivity index (χ1v) is 7.45. The normalized spacial score (nSPS) is 11.1. The minimum atomic E-state index is 0.519. The second-order valence-corrected chi connectivity index (χ2v) is 5.63. The third-order valence-electron chi connectivity index (χ3n) is 2.11. The predicted molar refractivity (Wildman–Crippen MR) is 70.5 cm³/mol. The lowest BCUT2D eigenvalue weighted by molar-refractivity contribution is 0.777. The van der Waals surface area contributed by atoms with Crippen molar-refractivity contribution < 1.29 is 0 Å². The Morgan fingerprint density at radius 1 is 1.38 bits per heavy atom. The topological polar surface area (TPSA) is 38.7 Å². The van der Waals surface area contributed by atoms with Crippen LogP contribution in [-0.4, -0.2) is 20.7 Å². The van der Waals surface area contributed by atoms with Gasteiger partial charge in [0.25, 0.3) is 0 Å². The molecule has 16 heavy (non-hydrogen) atoms. The maximum absolute atomic E-state index is 6.05. The molecule has 0 atom stereocenters. The zero-order chi connectivity index (χ0) is 11.4. The lowest BCUT2D eigenvalue weighted by Crippen LogP contribution is -1.90. The number of hydrogen-bond donors (Lipinski definition) is 0. The van der Waals surface area contributed by atoms with Gasteiger partial charge in [0.1, 0.15) is 4.70 Å². The molecule has 6 heteroatoms. The van der Waals surface area contributed by atoms with Gasteiger partial charge in [0, 0.05) is 5.75 Å². The van der Waals surface area contributed by atoms with Crippen molar-refractivity contribution in [3.8, 4) is 0 Å².